The third kappa shape index (κ3) is 6.80. The van der Waals surface area contributed by atoms with Crippen LogP contribution in [0.2, 0.25) is 0 Å². The van der Waals surface area contributed by atoms with Gasteiger partial charge in [0.1, 0.15) is 40.8 Å². The van der Waals surface area contributed by atoms with E-state index in [-0.39, 0.29) is 13.0 Å². The van der Waals surface area contributed by atoms with Gasteiger partial charge in [0.2, 0.25) is 11.8 Å². The summed E-state index contributed by atoms with van der Waals surface area (Å²) in [4.78, 5) is 60.2. The molecule has 0 bridgehead atoms. The first-order valence-corrected chi connectivity index (χ1v) is 17.0. The van der Waals surface area contributed by atoms with Gasteiger partial charge in [-0.1, -0.05) is 51.1 Å². The lowest BCUT2D eigenvalue weighted by molar-refractivity contribution is -0.146. The topological polar surface area (TPSA) is 156 Å². The zero-order chi connectivity index (χ0) is 36.2. The van der Waals surface area contributed by atoms with E-state index < -0.39 is 64.0 Å². The lowest BCUT2D eigenvalue weighted by Gasteiger charge is -2.35. The largest absolute Gasteiger partial charge is 0.497 e. The van der Waals surface area contributed by atoms with Gasteiger partial charge in [-0.2, -0.15) is 0 Å². The summed E-state index contributed by atoms with van der Waals surface area (Å²) in [6, 6.07) is 14.9. The van der Waals surface area contributed by atoms with Crippen molar-refractivity contribution in [3.05, 3.63) is 54.6 Å². The molecule has 2 aromatic carbocycles. The Labute approximate surface area is 291 Å². The summed E-state index contributed by atoms with van der Waals surface area (Å²) >= 11 is 0. The Morgan fingerprint density at radius 1 is 1.00 bits per heavy atom. The maximum Gasteiger partial charge on any atom is 0.408 e. The van der Waals surface area contributed by atoms with Gasteiger partial charge in [0, 0.05) is 34.9 Å². The quantitative estimate of drug-likeness (QED) is 0.271. The van der Waals surface area contributed by atoms with Crippen molar-refractivity contribution in [3.8, 4) is 22.8 Å². The van der Waals surface area contributed by atoms with Crippen molar-refractivity contribution in [1.29, 1.82) is 0 Å². The van der Waals surface area contributed by atoms with E-state index in [0.717, 1.165) is 18.4 Å². The SMILES string of the molecule is COc1ccc2c(O[C@@H]3C[C@@H](C(=O)NC4(C(=O)O)CC45CC5)N(C(=O)[C@@H](NC(=O)OC(C)(C)C)C(C)(C)C)C3)cc(-c3ccccc3)nc2c1. The van der Waals surface area contributed by atoms with Gasteiger partial charge in [0.15, 0.2) is 0 Å². The lowest BCUT2D eigenvalue weighted by atomic mass is 9.85. The Hall–Kier alpha value is -4.87. The third-order valence-electron chi connectivity index (χ3n) is 9.90. The number of hydrogen-bond donors (Lipinski definition) is 3. The molecule has 3 aromatic rings. The Morgan fingerprint density at radius 2 is 1.70 bits per heavy atom. The first kappa shape index (κ1) is 35.0. The fourth-order valence-electron chi connectivity index (χ4n) is 7.00. The summed E-state index contributed by atoms with van der Waals surface area (Å²) in [5.41, 5.74) is -1.15. The first-order valence-electron chi connectivity index (χ1n) is 17.0. The van der Waals surface area contributed by atoms with Crippen LogP contribution >= 0.6 is 0 Å². The number of alkyl carbamates (subject to hydrolysis) is 1. The number of amides is 3. The van der Waals surface area contributed by atoms with Crippen LogP contribution in [0, 0.1) is 10.8 Å². The number of nitrogens with one attached hydrogen (secondary N) is 2. The lowest BCUT2D eigenvalue weighted by Crippen LogP contribution is -2.59. The zero-order valence-corrected chi connectivity index (χ0v) is 29.7. The average molecular weight is 687 g/mol. The number of likely N-dealkylation sites (tertiary alicyclic amines) is 1. The van der Waals surface area contributed by atoms with E-state index in [9.17, 15) is 24.3 Å². The molecule has 3 aliphatic rings. The fraction of sp³-hybridized carbons (Fsp3) is 0.500. The van der Waals surface area contributed by atoms with Crippen LogP contribution < -0.4 is 20.1 Å². The van der Waals surface area contributed by atoms with Crippen molar-refractivity contribution in [2.24, 2.45) is 10.8 Å². The van der Waals surface area contributed by atoms with Gasteiger partial charge in [-0.3, -0.25) is 9.59 Å². The normalized spacial score (nSPS) is 22.8. The Morgan fingerprint density at radius 3 is 2.28 bits per heavy atom. The highest BCUT2D eigenvalue weighted by atomic mass is 16.6. The number of rotatable bonds is 9. The van der Waals surface area contributed by atoms with Crippen molar-refractivity contribution in [2.45, 2.75) is 96.6 Å². The van der Waals surface area contributed by atoms with Gasteiger partial charge in [-0.05, 0) is 57.6 Å². The van der Waals surface area contributed by atoms with Crippen LogP contribution in [0.4, 0.5) is 4.79 Å². The predicted molar refractivity (Wildman–Crippen MR) is 186 cm³/mol. The highest BCUT2D eigenvalue weighted by Gasteiger charge is 2.79. The summed E-state index contributed by atoms with van der Waals surface area (Å²) in [6.45, 7) is 10.7. The number of carboxylic acids is 1. The van der Waals surface area contributed by atoms with E-state index in [4.69, 9.17) is 19.2 Å². The molecule has 6 rings (SSSR count). The summed E-state index contributed by atoms with van der Waals surface area (Å²) in [5.74, 6) is -0.990. The third-order valence-corrected chi connectivity index (χ3v) is 9.90. The van der Waals surface area contributed by atoms with Crippen LogP contribution in [-0.4, -0.2) is 81.8 Å². The molecule has 266 valence electrons. The number of aromatic nitrogens is 1. The summed E-state index contributed by atoms with van der Waals surface area (Å²) in [6.07, 6.45) is 0.515. The second-order valence-corrected chi connectivity index (χ2v) is 15.8. The van der Waals surface area contributed by atoms with E-state index in [1.165, 1.54) is 4.90 Å². The van der Waals surface area contributed by atoms with E-state index in [1.807, 2.05) is 75.4 Å². The average Bonchev–Trinajstić information content (AvgIpc) is 3.91. The van der Waals surface area contributed by atoms with Crippen molar-refractivity contribution < 1.29 is 38.5 Å². The molecular weight excluding hydrogens is 640 g/mol. The van der Waals surface area contributed by atoms with Gasteiger partial charge in [-0.25, -0.2) is 14.6 Å². The number of nitrogens with zero attached hydrogens (tertiary/aromatic N) is 2. The Kier molecular flexibility index (Phi) is 8.72. The van der Waals surface area contributed by atoms with Crippen molar-refractivity contribution in [3.63, 3.8) is 0 Å². The minimum absolute atomic E-state index is 0.0192. The second-order valence-electron chi connectivity index (χ2n) is 15.8. The molecule has 50 heavy (non-hydrogen) atoms. The molecule has 1 aromatic heterocycles. The molecule has 2 heterocycles. The Bertz CT molecular complexity index is 1830. The molecule has 12 heteroatoms. The minimum atomic E-state index is -1.35. The summed E-state index contributed by atoms with van der Waals surface area (Å²) in [5, 5.41) is 16.4. The number of hydrogen-bond acceptors (Lipinski definition) is 8. The molecule has 1 unspecified atom stereocenters. The van der Waals surface area contributed by atoms with E-state index in [1.54, 1.807) is 27.9 Å². The molecule has 3 N–H and O–H groups in total. The van der Waals surface area contributed by atoms with E-state index >= 15 is 0 Å². The smallest absolute Gasteiger partial charge is 0.408 e. The van der Waals surface area contributed by atoms with Gasteiger partial charge in [-0.15, -0.1) is 0 Å². The van der Waals surface area contributed by atoms with Crippen LogP contribution in [-0.2, 0) is 19.1 Å². The number of methoxy groups -OCH3 is 1. The molecule has 3 amide bonds. The van der Waals surface area contributed by atoms with Crippen molar-refractivity contribution >= 4 is 34.8 Å². The molecule has 3 fully saturated rings. The van der Waals surface area contributed by atoms with Crippen LogP contribution in [0.1, 0.15) is 67.2 Å². The fourth-order valence-corrected chi connectivity index (χ4v) is 7.00. The second kappa shape index (κ2) is 12.5. The number of aliphatic carboxylic acids is 1. The number of carbonyl (C=O) groups excluding carboxylic acids is 3. The molecule has 2 aliphatic carbocycles. The summed E-state index contributed by atoms with van der Waals surface area (Å²) < 4.78 is 17.6. The number of pyridine rings is 1. The highest BCUT2D eigenvalue weighted by Crippen LogP contribution is 2.73. The van der Waals surface area contributed by atoms with Gasteiger partial charge in [0.05, 0.1) is 24.9 Å². The van der Waals surface area contributed by atoms with Gasteiger partial charge < -0.3 is 34.9 Å². The van der Waals surface area contributed by atoms with Crippen molar-refractivity contribution in [2.75, 3.05) is 13.7 Å². The molecule has 0 radical (unpaired) electrons. The molecule has 2 saturated carbocycles. The van der Waals surface area contributed by atoms with E-state index in [0.29, 0.717) is 34.5 Å². The standard InChI is InChI=1S/C38H46N4O8/c1-35(2,3)30(40-34(47)50-36(4,5)6)32(44)42-20-24(18-28(42)31(43)41-38(33(45)46)21-37(38)15-16-37)49-29-19-26(22-11-9-8-10-12-22)39-27-17-23(48-7)13-14-25(27)29/h8-14,17,19,24,28,30H,15-16,18,20-21H2,1-7H3,(H,40,47)(H,41,43)(H,45,46)/t24-,28+,30-,38?/m1/s1. The summed E-state index contributed by atoms with van der Waals surface area (Å²) in [7, 11) is 1.58. The van der Waals surface area contributed by atoms with Crippen LogP contribution in [0.15, 0.2) is 54.6 Å². The zero-order valence-electron chi connectivity index (χ0n) is 29.7. The molecule has 1 aliphatic heterocycles. The molecule has 4 atom stereocenters. The minimum Gasteiger partial charge on any atom is -0.497 e. The van der Waals surface area contributed by atoms with Gasteiger partial charge >= 0.3 is 12.1 Å². The Balaban J connectivity index is 1.34. The van der Waals surface area contributed by atoms with Crippen LogP contribution in [0.25, 0.3) is 22.2 Å². The molecule has 1 saturated heterocycles. The number of benzene rings is 2. The maximum absolute atomic E-state index is 14.5. The maximum atomic E-state index is 14.5. The highest BCUT2D eigenvalue weighted by molar-refractivity contribution is 5.97. The van der Waals surface area contributed by atoms with Crippen molar-refractivity contribution in [1.82, 2.24) is 20.5 Å². The molecule has 1 spiro atoms. The number of carbonyl (C=O) groups is 4. The molecular formula is C38H46N4O8. The number of ether oxygens (including phenoxy) is 3. The first-order chi connectivity index (χ1) is 23.4. The van der Waals surface area contributed by atoms with Crippen LogP contribution in [0.3, 0.4) is 0 Å². The monoisotopic (exact) mass is 686 g/mol. The van der Waals surface area contributed by atoms with E-state index in [2.05, 4.69) is 10.6 Å². The number of carboxylic acid groups (broad SMARTS) is 1. The van der Waals surface area contributed by atoms with Crippen LogP contribution in [0.5, 0.6) is 11.5 Å². The number of fused-ring (bicyclic) bond motifs is 1. The molecule has 12 nitrogen and oxygen atoms in total. The predicted octanol–water partition coefficient (Wildman–Crippen LogP) is 5.32. The van der Waals surface area contributed by atoms with Gasteiger partial charge in [0.25, 0.3) is 0 Å².